The van der Waals surface area contributed by atoms with E-state index in [1.807, 2.05) is 0 Å². The molecule has 1 aromatic rings. The molecule has 16 heavy (non-hydrogen) atoms. The molecule has 0 saturated heterocycles. The Labute approximate surface area is 91.7 Å². The van der Waals surface area contributed by atoms with Crippen LogP contribution in [0.2, 0.25) is 0 Å². The number of nitrogens with two attached hydrogens (primary N) is 2. The molecule has 1 aromatic heterocycles. The van der Waals surface area contributed by atoms with Crippen molar-refractivity contribution in [1.29, 1.82) is 4.78 Å². The number of hydrogen-bond acceptors (Lipinski definition) is 5. The quantitative estimate of drug-likeness (QED) is 0.602. The first kappa shape index (κ1) is 10.9. The van der Waals surface area contributed by atoms with E-state index >= 15 is 0 Å². The van der Waals surface area contributed by atoms with Crippen molar-refractivity contribution < 1.29 is 13.7 Å². The number of nitrogens with zero attached hydrogens (tertiary/aromatic N) is 2. The van der Waals surface area contributed by atoms with E-state index in [1.165, 1.54) is 17.8 Å². The van der Waals surface area contributed by atoms with E-state index in [0.717, 1.165) is 0 Å². The van der Waals surface area contributed by atoms with E-state index in [0.29, 0.717) is 0 Å². The standard InChI is InChI=1S/C7H11N5O3S/c1-7(6(8)13)3-12-5(15-7)4(2-11-12)16(9,10)14/h2H,3H2,1H3,(H2,8,13)(H3,9,10,14). The molecule has 88 valence electrons. The summed E-state index contributed by atoms with van der Waals surface area (Å²) in [6.45, 7) is 1.61. The van der Waals surface area contributed by atoms with E-state index in [2.05, 4.69) is 5.10 Å². The van der Waals surface area contributed by atoms with Crippen LogP contribution in [0.4, 0.5) is 0 Å². The summed E-state index contributed by atoms with van der Waals surface area (Å²) >= 11 is 0. The number of hydrogen-bond donors (Lipinski definition) is 3. The van der Waals surface area contributed by atoms with Crippen LogP contribution in [0.3, 0.4) is 0 Å². The van der Waals surface area contributed by atoms with Crippen LogP contribution in [0.25, 0.3) is 0 Å². The molecule has 2 heterocycles. The average Bonchev–Trinajstić information content (AvgIpc) is 2.58. The molecule has 8 nitrogen and oxygen atoms in total. The molecular formula is C7H11N5O3S. The van der Waals surface area contributed by atoms with Gasteiger partial charge in [-0.3, -0.25) is 4.79 Å². The lowest BCUT2D eigenvalue weighted by Gasteiger charge is -2.18. The molecule has 2 atom stereocenters. The molecule has 0 bridgehead atoms. The first-order chi connectivity index (χ1) is 7.24. The molecule has 5 N–H and O–H groups in total. The Bertz CT molecular complexity index is 563. The maximum Gasteiger partial charge on any atom is 0.263 e. The van der Waals surface area contributed by atoms with Crippen LogP contribution in [-0.2, 0) is 21.3 Å². The van der Waals surface area contributed by atoms with Gasteiger partial charge in [0.1, 0.15) is 14.8 Å². The molecule has 2 unspecified atom stereocenters. The van der Waals surface area contributed by atoms with Gasteiger partial charge in [0, 0.05) is 0 Å². The highest BCUT2D eigenvalue weighted by Crippen LogP contribution is 2.33. The molecule has 9 heteroatoms. The number of carbonyl (C=O) groups is 1. The Morgan fingerprint density at radius 2 is 2.44 bits per heavy atom. The van der Waals surface area contributed by atoms with Crippen molar-refractivity contribution in [3.63, 3.8) is 0 Å². The number of amides is 1. The van der Waals surface area contributed by atoms with E-state index in [-0.39, 0.29) is 17.3 Å². The molecule has 2 rings (SSSR count). The number of carbonyl (C=O) groups excluding carboxylic acids is 1. The van der Waals surface area contributed by atoms with Crippen LogP contribution < -0.4 is 15.6 Å². The molecule has 0 aromatic carbocycles. The van der Waals surface area contributed by atoms with Gasteiger partial charge in [-0.05, 0) is 6.92 Å². The number of ether oxygens (including phenoxy) is 1. The van der Waals surface area contributed by atoms with Crippen LogP contribution in [0.1, 0.15) is 6.92 Å². The maximum absolute atomic E-state index is 11.4. The van der Waals surface area contributed by atoms with Gasteiger partial charge in [-0.15, -0.1) is 0 Å². The Kier molecular flexibility index (Phi) is 2.01. The van der Waals surface area contributed by atoms with Gasteiger partial charge < -0.3 is 10.5 Å². The first-order valence-corrected chi connectivity index (χ1v) is 5.97. The van der Waals surface area contributed by atoms with Crippen molar-refractivity contribution in [3.8, 4) is 5.88 Å². The molecule has 1 aliphatic heterocycles. The summed E-state index contributed by atoms with van der Waals surface area (Å²) < 4.78 is 25.3. The molecular weight excluding hydrogens is 234 g/mol. The molecule has 1 aliphatic rings. The van der Waals surface area contributed by atoms with Crippen molar-refractivity contribution in [1.82, 2.24) is 9.78 Å². The van der Waals surface area contributed by atoms with Crippen LogP contribution >= 0.6 is 0 Å². The first-order valence-electron chi connectivity index (χ1n) is 4.35. The summed E-state index contributed by atoms with van der Waals surface area (Å²) in [5.74, 6) is -0.582. The highest BCUT2D eigenvalue weighted by atomic mass is 32.2. The minimum Gasteiger partial charge on any atom is -0.458 e. The number of rotatable bonds is 2. The molecule has 0 radical (unpaired) electrons. The number of nitrogens with one attached hydrogen (secondary N) is 1. The number of fused-ring (bicyclic) bond motifs is 1. The van der Waals surface area contributed by atoms with E-state index < -0.39 is 21.4 Å². The van der Waals surface area contributed by atoms with Crippen molar-refractivity contribution in [2.45, 2.75) is 24.0 Å². The molecule has 0 spiro atoms. The lowest BCUT2D eigenvalue weighted by Crippen LogP contribution is -2.45. The van der Waals surface area contributed by atoms with Gasteiger partial charge in [0.15, 0.2) is 0 Å². The number of aromatic nitrogens is 2. The predicted molar refractivity (Wildman–Crippen MR) is 53.8 cm³/mol. The predicted octanol–water partition coefficient (Wildman–Crippen LogP) is -1.20. The summed E-state index contributed by atoms with van der Waals surface area (Å²) in [6, 6.07) is 0. The Balaban J connectivity index is 2.48. The third-order valence-corrected chi connectivity index (χ3v) is 3.31. The van der Waals surface area contributed by atoms with Gasteiger partial charge in [0.2, 0.25) is 11.5 Å². The zero-order chi connectivity index (χ0) is 12.1. The van der Waals surface area contributed by atoms with E-state index in [4.69, 9.17) is 20.4 Å². The third-order valence-electron chi connectivity index (χ3n) is 2.38. The van der Waals surface area contributed by atoms with Crippen molar-refractivity contribution in [2.75, 3.05) is 0 Å². The van der Waals surface area contributed by atoms with Gasteiger partial charge in [0.25, 0.3) is 5.91 Å². The fourth-order valence-electron chi connectivity index (χ4n) is 1.44. The summed E-state index contributed by atoms with van der Waals surface area (Å²) in [6.07, 6.45) is 1.20. The lowest BCUT2D eigenvalue weighted by molar-refractivity contribution is -0.131. The SMILES string of the molecule is CC1(C(N)=O)Cn2ncc(S(=N)(N)=O)c2O1. The van der Waals surface area contributed by atoms with Gasteiger partial charge in [-0.2, -0.15) is 5.10 Å². The second-order valence-electron chi connectivity index (χ2n) is 3.77. The molecule has 1 amide bonds. The van der Waals surface area contributed by atoms with Crippen molar-refractivity contribution in [3.05, 3.63) is 6.20 Å². The Morgan fingerprint density at radius 3 is 2.94 bits per heavy atom. The summed E-state index contributed by atoms with van der Waals surface area (Å²) in [5, 5.41) is 9.03. The maximum atomic E-state index is 11.4. The number of primary amides is 1. The molecule has 0 saturated carbocycles. The lowest BCUT2D eigenvalue weighted by atomic mass is 10.1. The van der Waals surface area contributed by atoms with Crippen LogP contribution in [-0.4, -0.2) is 25.5 Å². The Hall–Kier alpha value is -1.61. The summed E-state index contributed by atoms with van der Waals surface area (Å²) in [4.78, 5) is 11.1. The molecule has 0 fully saturated rings. The Morgan fingerprint density at radius 1 is 1.81 bits per heavy atom. The summed E-state index contributed by atoms with van der Waals surface area (Å²) in [5.41, 5.74) is 3.94. The fourth-order valence-corrected chi connectivity index (χ4v) is 2.05. The second kappa shape index (κ2) is 2.95. The van der Waals surface area contributed by atoms with Crippen LogP contribution in [0.5, 0.6) is 5.88 Å². The topological polar surface area (TPSA) is 137 Å². The van der Waals surface area contributed by atoms with E-state index in [1.54, 1.807) is 0 Å². The van der Waals surface area contributed by atoms with Crippen LogP contribution in [0.15, 0.2) is 11.1 Å². The van der Waals surface area contributed by atoms with Gasteiger partial charge in [0.05, 0.1) is 12.7 Å². The minimum absolute atomic E-state index is 0.0301. The zero-order valence-corrected chi connectivity index (χ0v) is 9.28. The monoisotopic (exact) mass is 245 g/mol. The van der Waals surface area contributed by atoms with Crippen molar-refractivity contribution >= 4 is 15.8 Å². The zero-order valence-electron chi connectivity index (χ0n) is 8.47. The average molecular weight is 245 g/mol. The van der Waals surface area contributed by atoms with E-state index in [9.17, 15) is 9.00 Å². The largest absolute Gasteiger partial charge is 0.458 e. The smallest absolute Gasteiger partial charge is 0.263 e. The highest BCUT2D eigenvalue weighted by Gasteiger charge is 2.43. The van der Waals surface area contributed by atoms with Gasteiger partial charge >= 0.3 is 0 Å². The van der Waals surface area contributed by atoms with Crippen LogP contribution in [0, 0.1) is 4.78 Å². The highest BCUT2D eigenvalue weighted by molar-refractivity contribution is 7.90. The molecule has 0 aliphatic carbocycles. The second-order valence-corrected chi connectivity index (χ2v) is 5.41. The third kappa shape index (κ3) is 1.44. The minimum atomic E-state index is -3.42. The fraction of sp³-hybridized carbons (Fsp3) is 0.429. The normalized spacial score (nSPS) is 26.9. The van der Waals surface area contributed by atoms with Gasteiger partial charge in [-0.25, -0.2) is 18.8 Å². The summed E-state index contributed by atoms with van der Waals surface area (Å²) in [7, 11) is -3.42. The van der Waals surface area contributed by atoms with Crippen molar-refractivity contribution in [2.24, 2.45) is 10.9 Å². The van der Waals surface area contributed by atoms with Gasteiger partial charge in [-0.1, -0.05) is 0 Å².